The summed E-state index contributed by atoms with van der Waals surface area (Å²) in [5, 5.41) is 3.23. The van der Waals surface area contributed by atoms with Crippen molar-refractivity contribution in [1.82, 2.24) is 19.2 Å². The Labute approximate surface area is 206 Å². The minimum Gasteiger partial charge on any atom is -0.379 e. The molecule has 1 saturated heterocycles. The van der Waals surface area contributed by atoms with E-state index in [4.69, 9.17) is 9.72 Å². The highest BCUT2D eigenvalue weighted by Gasteiger charge is 2.33. The molecule has 0 bridgehead atoms. The zero-order valence-corrected chi connectivity index (χ0v) is 20.8. The van der Waals surface area contributed by atoms with Crippen molar-refractivity contribution in [3.05, 3.63) is 59.9 Å². The second-order valence-corrected chi connectivity index (χ2v) is 11.2. The molecule has 1 amide bonds. The van der Waals surface area contributed by atoms with E-state index in [2.05, 4.69) is 22.0 Å². The number of hydrogen-bond acceptors (Lipinski definition) is 5. The van der Waals surface area contributed by atoms with E-state index in [1.54, 1.807) is 12.1 Å². The lowest BCUT2D eigenvalue weighted by Crippen LogP contribution is -2.40. The third kappa shape index (κ3) is 5.12. The van der Waals surface area contributed by atoms with E-state index in [-0.39, 0.29) is 16.8 Å². The van der Waals surface area contributed by atoms with Gasteiger partial charge in [-0.05, 0) is 49.4 Å². The summed E-state index contributed by atoms with van der Waals surface area (Å²) in [6.45, 7) is 4.25. The first-order valence-corrected chi connectivity index (χ1v) is 13.8. The minimum atomic E-state index is -3.59. The number of aromatic nitrogens is 2. The second kappa shape index (κ2) is 10.1. The highest BCUT2D eigenvalue weighted by atomic mass is 32.2. The number of rotatable bonds is 9. The van der Waals surface area contributed by atoms with Crippen LogP contribution < -0.4 is 5.32 Å². The van der Waals surface area contributed by atoms with Crippen LogP contribution in [-0.2, 0) is 32.5 Å². The maximum Gasteiger partial charge on any atom is 0.243 e. The molecule has 1 unspecified atom stereocenters. The van der Waals surface area contributed by atoms with Gasteiger partial charge in [0.1, 0.15) is 5.82 Å². The van der Waals surface area contributed by atoms with Gasteiger partial charge in [0.05, 0.1) is 35.2 Å². The monoisotopic (exact) mass is 496 g/mol. The third-order valence-electron chi connectivity index (χ3n) is 6.87. The number of imidazole rings is 1. The molecule has 2 heterocycles. The summed E-state index contributed by atoms with van der Waals surface area (Å²) in [6, 6.07) is 15.3. The molecule has 1 aliphatic carbocycles. The number of amides is 1. The summed E-state index contributed by atoms with van der Waals surface area (Å²) >= 11 is 0. The molecule has 2 fully saturated rings. The van der Waals surface area contributed by atoms with Crippen LogP contribution in [-0.4, -0.2) is 54.5 Å². The average Bonchev–Trinajstić information content (AvgIpc) is 3.67. The van der Waals surface area contributed by atoms with Gasteiger partial charge in [0.15, 0.2) is 0 Å². The summed E-state index contributed by atoms with van der Waals surface area (Å²) in [6.07, 6.45) is 3.10. The smallest absolute Gasteiger partial charge is 0.243 e. The van der Waals surface area contributed by atoms with Crippen LogP contribution in [0.25, 0.3) is 11.0 Å². The molecule has 35 heavy (non-hydrogen) atoms. The minimum absolute atomic E-state index is 0.0102. The Bertz CT molecular complexity index is 1300. The Hall–Kier alpha value is -2.75. The SMILES string of the molecule is CCn1c(CCC(=O)NC(c2ccccc2)C2CC2)nc2cc(S(=O)(=O)N3CCOCC3)ccc21. The van der Waals surface area contributed by atoms with Crippen molar-refractivity contribution in [2.75, 3.05) is 26.3 Å². The number of ether oxygens (including phenoxy) is 1. The maximum atomic E-state index is 13.1. The van der Waals surface area contributed by atoms with Crippen molar-refractivity contribution in [2.24, 2.45) is 5.92 Å². The molecular formula is C26H32N4O4S. The number of nitrogens with one attached hydrogen (secondary N) is 1. The molecule has 1 aromatic heterocycles. The number of benzene rings is 2. The first kappa shape index (κ1) is 24.0. The Morgan fingerprint density at radius 3 is 2.57 bits per heavy atom. The fourth-order valence-corrected chi connectivity index (χ4v) is 6.26. The summed E-state index contributed by atoms with van der Waals surface area (Å²) in [7, 11) is -3.59. The number of carbonyl (C=O) groups is 1. The van der Waals surface area contributed by atoms with Crippen molar-refractivity contribution in [2.45, 2.75) is 50.1 Å². The number of hydrogen-bond donors (Lipinski definition) is 1. The van der Waals surface area contributed by atoms with Crippen LogP contribution in [0.1, 0.15) is 43.6 Å². The van der Waals surface area contributed by atoms with Gasteiger partial charge in [-0.3, -0.25) is 4.79 Å². The zero-order chi connectivity index (χ0) is 24.4. The number of carbonyl (C=O) groups excluding carboxylic acids is 1. The van der Waals surface area contributed by atoms with Crippen LogP contribution in [0.15, 0.2) is 53.4 Å². The third-order valence-corrected chi connectivity index (χ3v) is 8.76. The molecule has 0 radical (unpaired) electrons. The largest absolute Gasteiger partial charge is 0.379 e. The Morgan fingerprint density at radius 2 is 1.89 bits per heavy atom. The van der Waals surface area contributed by atoms with Gasteiger partial charge in [0.25, 0.3) is 0 Å². The molecule has 2 aliphatic rings. The molecule has 0 spiro atoms. The van der Waals surface area contributed by atoms with Crippen molar-refractivity contribution in [3.63, 3.8) is 0 Å². The first-order valence-electron chi connectivity index (χ1n) is 12.4. The van der Waals surface area contributed by atoms with Gasteiger partial charge in [-0.2, -0.15) is 4.31 Å². The molecule has 1 saturated carbocycles. The Balaban J connectivity index is 1.31. The van der Waals surface area contributed by atoms with Crippen LogP contribution in [0, 0.1) is 5.92 Å². The van der Waals surface area contributed by atoms with Gasteiger partial charge in [-0.25, -0.2) is 13.4 Å². The predicted octanol–water partition coefficient (Wildman–Crippen LogP) is 3.28. The lowest BCUT2D eigenvalue weighted by molar-refractivity contribution is -0.122. The number of aryl methyl sites for hydroxylation is 2. The molecule has 186 valence electrons. The molecule has 5 rings (SSSR count). The van der Waals surface area contributed by atoms with Gasteiger partial charge in [-0.15, -0.1) is 0 Å². The van der Waals surface area contributed by atoms with Crippen LogP contribution >= 0.6 is 0 Å². The summed E-state index contributed by atoms with van der Waals surface area (Å²) in [4.78, 5) is 17.8. The summed E-state index contributed by atoms with van der Waals surface area (Å²) in [5.74, 6) is 1.31. The molecule has 3 aromatic rings. The Morgan fingerprint density at radius 1 is 1.14 bits per heavy atom. The summed E-state index contributed by atoms with van der Waals surface area (Å²) in [5.41, 5.74) is 2.67. The molecule has 1 atom stereocenters. The van der Waals surface area contributed by atoms with Gasteiger partial charge >= 0.3 is 0 Å². The first-order chi connectivity index (χ1) is 17.0. The van der Waals surface area contributed by atoms with E-state index in [9.17, 15) is 13.2 Å². The van der Waals surface area contributed by atoms with E-state index >= 15 is 0 Å². The van der Waals surface area contributed by atoms with E-state index in [0.717, 1.165) is 29.7 Å². The van der Waals surface area contributed by atoms with Crippen LogP contribution in [0.5, 0.6) is 0 Å². The second-order valence-electron chi connectivity index (χ2n) is 9.23. The standard InChI is InChI=1S/C26H32N4O4S/c1-2-30-23-11-10-21(35(32,33)29-14-16-34-17-15-29)18-22(23)27-24(30)12-13-25(31)28-26(20-8-9-20)19-6-4-3-5-7-19/h3-7,10-11,18,20,26H,2,8-9,12-17H2,1H3,(H,28,31). The number of nitrogens with zero attached hydrogens (tertiary/aromatic N) is 3. The maximum absolute atomic E-state index is 13.1. The number of fused-ring (bicyclic) bond motifs is 1. The van der Waals surface area contributed by atoms with E-state index in [1.807, 2.05) is 31.2 Å². The normalized spacial score (nSPS) is 18.0. The van der Waals surface area contributed by atoms with Crippen molar-refractivity contribution < 1.29 is 17.9 Å². The molecule has 9 heteroatoms. The topological polar surface area (TPSA) is 93.5 Å². The highest BCUT2D eigenvalue weighted by Crippen LogP contribution is 2.41. The lowest BCUT2D eigenvalue weighted by Gasteiger charge is -2.26. The van der Waals surface area contributed by atoms with Gasteiger partial charge in [0.2, 0.25) is 15.9 Å². The van der Waals surface area contributed by atoms with E-state index < -0.39 is 10.0 Å². The molecule has 1 aliphatic heterocycles. The van der Waals surface area contributed by atoms with Crippen molar-refractivity contribution in [1.29, 1.82) is 0 Å². The quantitative estimate of drug-likeness (QED) is 0.491. The van der Waals surface area contributed by atoms with E-state index in [0.29, 0.717) is 57.1 Å². The molecular weight excluding hydrogens is 464 g/mol. The zero-order valence-electron chi connectivity index (χ0n) is 20.0. The predicted molar refractivity (Wildman–Crippen MR) is 133 cm³/mol. The summed E-state index contributed by atoms with van der Waals surface area (Å²) < 4.78 is 35.0. The van der Waals surface area contributed by atoms with Crippen LogP contribution in [0.2, 0.25) is 0 Å². The molecule has 2 aromatic carbocycles. The molecule has 8 nitrogen and oxygen atoms in total. The fourth-order valence-electron chi connectivity index (χ4n) is 4.83. The Kier molecular flexibility index (Phi) is 6.91. The van der Waals surface area contributed by atoms with Crippen molar-refractivity contribution >= 4 is 27.0 Å². The van der Waals surface area contributed by atoms with Crippen molar-refractivity contribution in [3.8, 4) is 0 Å². The van der Waals surface area contributed by atoms with Gasteiger partial charge < -0.3 is 14.6 Å². The van der Waals surface area contributed by atoms with E-state index in [1.165, 1.54) is 4.31 Å². The fraction of sp³-hybridized carbons (Fsp3) is 0.462. The number of sulfonamides is 1. The van der Waals surface area contributed by atoms with Crippen LogP contribution in [0.3, 0.4) is 0 Å². The molecule has 1 N–H and O–H groups in total. The highest BCUT2D eigenvalue weighted by molar-refractivity contribution is 7.89. The average molecular weight is 497 g/mol. The number of morpholine rings is 1. The lowest BCUT2D eigenvalue weighted by atomic mass is 10.0. The van der Waals surface area contributed by atoms with Gasteiger partial charge in [-0.1, -0.05) is 30.3 Å². The van der Waals surface area contributed by atoms with Gasteiger partial charge in [0, 0.05) is 32.5 Å². The van der Waals surface area contributed by atoms with Crippen LogP contribution in [0.4, 0.5) is 0 Å².